The van der Waals surface area contributed by atoms with Gasteiger partial charge in [0.25, 0.3) is 20.2 Å². The topological polar surface area (TPSA) is 198 Å². The van der Waals surface area contributed by atoms with E-state index in [9.17, 15) is 26.7 Å². The van der Waals surface area contributed by atoms with Gasteiger partial charge in [0.15, 0.2) is 5.75 Å². The largest absolute Gasteiger partial charge is 0.505 e. The van der Waals surface area contributed by atoms with Gasteiger partial charge in [-0.15, -0.1) is 14.6 Å². The number of hydrogen-bond donors (Lipinski definition) is 2. The molecule has 1 amide bonds. The minimum absolute atomic E-state index is 0.0179. The summed E-state index contributed by atoms with van der Waals surface area (Å²) in [6.07, 6.45) is 0. The quantitative estimate of drug-likeness (QED) is 0.0736. The second kappa shape index (κ2) is 12.9. The molecule has 0 saturated heterocycles. The number of hydrogen-bond acceptors (Lipinski definition) is 15. The molecule has 0 saturated carbocycles. The van der Waals surface area contributed by atoms with E-state index in [1.54, 1.807) is 0 Å². The van der Waals surface area contributed by atoms with Gasteiger partial charge in [-0.2, -0.15) is 16.8 Å². The van der Waals surface area contributed by atoms with Gasteiger partial charge in [-0.25, -0.2) is 4.89 Å². The Kier molecular flexibility index (Phi) is 10.0. The lowest BCUT2D eigenvalue weighted by Crippen LogP contribution is -2.09. The highest BCUT2D eigenvalue weighted by atomic mass is 32.2. The maximum absolute atomic E-state index is 12.5. The summed E-state index contributed by atoms with van der Waals surface area (Å²) in [5, 5.41) is 26.3. The van der Waals surface area contributed by atoms with Crippen LogP contribution in [0.1, 0.15) is 6.92 Å². The third kappa shape index (κ3) is 6.85. The van der Waals surface area contributed by atoms with Crippen molar-refractivity contribution in [1.29, 1.82) is 0 Å². The minimum atomic E-state index is -4.26. The van der Waals surface area contributed by atoms with Crippen molar-refractivity contribution in [3.8, 4) is 11.5 Å². The van der Waals surface area contributed by atoms with E-state index in [4.69, 9.17) is 9.07 Å². The van der Waals surface area contributed by atoms with E-state index in [-0.39, 0.29) is 48.3 Å². The number of phenolic OH excluding ortho intramolecular Hbond substituents is 1. The van der Waals surface area contributed by atoms with Gasteiger partial charge in [0, 0.05) is 18.4 Å². The lowest BCUT2D eigenvalue weighted by Gasteiger charge is -2.15. The number of amides is 1. The van der Waals surface area contributed by atoms with Crippen LogP contribution in [0.5, 0.6) is 11.5 Å². The maximum atomic E-state index is 12.5. The number of benzene rings is 3. The molecule has 0 bridgehead atoms. The summed E-state index contributed by atoms with van der Waals surface area (Å²) in [6.45, 7) is 1.18. The van der Waals surface area contributed by atoms with Crippen molar-refractivity contribution in [3.05, 3.63) is 36.4 Å². The molecule has 0 atom stereocenters. The van der Waals surface area contributed by atoms with Crippen molar-refractivity contribution in [2.45, 2.75) is 21.6 Å². The molecule has 0 heterocycles. The molecule has 3 aromatic carbocycles. The SMILES string of the molecule is COOOSc1cc2cc(S(=O)(=O)OC)cc(NC(C)=O)c2c(O)c1N=Nc1ccc(OC)cc1S(=O)(=O)OC. The first kappa shape index (κ1) is 31.2. The first-order chi connectivity index (χ1) is 18.9. The zero-order valence-electron chi connectivity index (χ0n) is 21.5. The van der Waals surface area contributed by atoms with Crippen LogP contribution in [0.4, 0.5) is 17.1 Å². The molecular formula is C22H23N3O12S3. The number of nitrogens with one attached hydrogen (secondary N) is 1. The Morgan fingerprint density at radius 1 is 0.950 bits per heavy atom. The molecule has 3 aromatic rings. The maximum Gasteiger partial charge on any atom is 0.299 e. The van der Waals surface area contributed by atoms with Gasteiger partial charge in [0.2, 0.25) is 5.91 Å². The first-order valence-corrected chi connectivity index (χ1v) is 14.3. The molecular weight excluding hydrogens is 594 g/mol. The molecule has 0 unspecified atom stereocenters. The standard InChI is InChI=1S/C22H23N3O12S3/c1-12(26)23-17-11-15(39(28,29)34-4)8-13-9-18(38-37-36-33-3)21(22(27)20(13)17)25-24-16-7-6-14(32-2)10-19(16)40(30,31)35-5/h6-11,27H,1-5H3,(H,23,26). The van der Waals surface area contributed by atoms with Crippen molar-refractivity contribution >= 4 is 66.0 Å². The average molecular weight is 618 g/mol. The Labute approximate surface area is 233 Å². The summed E-state index contributed by atoms with van der Waals surface area (Å²) in [5.41, 5.74) is -0.522. The van der Waals surface area contributed by atoms with E-state index in [2.05, 4.69) is 33.8 Å². The molecule has 0 spiro atoms. The van der Waals surface area contributed by atoms with E-state index in [0.29, 0.717) is 12.0 Å². The van der Waals surface area contributed by atoms with Gasteiger partial charge in [-0.1, -0.05) is 5.04 Å². The smallest absolute Gasteiger partial charge is 0.299 e. The van der Waals surface area contributed by atoms with Crippen LogP contribution in [-0.4, -0.2) is 56.3 Å². The number of rotatable bonds is 12. The Hall–Kier alpha value is -3.36. The minimum Gasteiger partial charge on any atom is -0.505 e. The lowest BCUT2D eigenvalue weighted by atomic mass is 10.1. The van der Waals surface area contributed by atoms with Crippen LogP contribution in [0.15, 0.2) is 61.3 Å². The second-order valence-corrected chi connectivity index (χ2v) is 11.6. The molecule has 15 nitrogen and oxygen atoms in total. The molecule has 3 rings (SSSR count). The van der Waals surface area contributed by atoms with E-state index in [1.807, 2.05) is 0 Å². The highest BCUT2D eigenvalue weighted by Gasteiger charge is 2.24. The van der Waals surface area contributed by atoms with Gasteiger partial charge in [0.1, 0.15) is 22.0 Å². The molecule has 0 aliphatic heterocycles. The van der Waals surface area contributed by atoms with Gasteiger partial charge in [0.05, 0.1) is 56.0 Å². The molecule has 0 radical (unpaired) electrons. The van der Waals surface area contributed by atoms with Gasteiger partial charge in [-0.05, 0) is 35.7 Å². The van der Waals surface area contributed by atoms with E-state index in [0.717, 1.165) is 20.3 Å². The zero-order valence-corrected chi connectivity index (χ0v) is 24.0. The number of methoxy groups -OCH3 is 1. The summed E-state index contributed by atoms with van der Waals surface area (Å²) in [5.74, 6) is -0.940. The highest BCUT2D eigenvalue weighted by molar-refractivity contribution is 7.94. The summed E-state index contributed by atoms with van der Waals surface area (Å²) >= 11 is 0.503. The number of anilines is 1. The number of ether oxygens (including phenoxy) is 1. The van der Waals surface area contributed by atoms with Gasteiger partial charge in [-0.3, -0.25) is 13.2 Å². The average Bonchev–Trinajstić information content (AvgIpc) is 2.92. The highest BCUT2D eigenvalue weighted by Crippen LogP contribution is 2.47. The van der Waals surface area contributed by atoms with Crippen LogP contribution in [0.25, 0.3) is 10.8 Å². The monoisotopic (exact) mass is 617 g/mol. The molecule has 18 heteroatoms. The van der Waals surface area contributed by atoms with Crippen LogP contribution >= 0.6 is 12.0 Å². The fraction of sp³-hybridized carbons (Fsp3) is 0.227. The van der Waals surface area contributed by atoms with E-state index >= 15 is 0 Å². The number of carbonyl (C=O) groups excluding carboxylic acids is 1. The number of fused-ring (bicyclic) bond motifs is 1. The first-order valence-electron chi connectivity index (χ1n) is 10.7. The van der Waals surface area contributed by atoms with Crippen LogP contribution < -0.4 is 10.1 Å². The van der Waals surface area contributed by atoms with Crippen molar-refractivity contribution in [2.75, 3.05) is 33.8 Å². The second-order valence-electron chi connectivity index (χ2n) is 7.48. The number of carbonyl (C=O) groups is 1. The summed E-state index contributed by atoms with van der Waals surface area (Å²) in [6, 6.07) is 7.54. The molecule has 0 aliphatic carbocycles. The normalized spacial score (nSPS) is 12.2. The number of aromatic hydroxyl groups is 1. The molecule has 40 heavy (non-hydrogen) atoms. The number of phenols is 1. The van der Waals surface area contributed by atoms with Crippen LogP contribution in [0.3, 0.4) is 0 Å². The summed E-state index contributed by atoms with van der Waals surface area (Å²) in [7, 11) is -4.03. The third-order valence-electron chi connectivity index (χ3n) is 5.08. The Balaban J connectivity index is 2.33. The van der Waals surface area contributed by atoms with Gasteiger partial charge < -0.3 is 15.2 Å². The Morgan fingerprint density at radius 2 is 1.65 bits per heavy atom. The van der Waals surface area contributed by atoms with Crippen LogP contribution in [0, 0.1) is 0 Å². The van der Waals surface area contributed by atoms with Crippen molar-refractivity contribution in [1.82, 2.24) is 0 Å². The van der Waals surface area contributed by atoms with E-state index in [1.165, 1.54) is 51.5 Å². The number of nitrogens with zero attached hydrogens (tertiary/aromatic N) is 2. The number of azo groups is 1. The van der Waals surface area contributed by atoms with Crippen molar-refractivity contribution < 1.29 is 54.1 Å². The fourth-order valence-electron chi connectivity index (χ4n) is 3.33. The summed E-state index contributed by atoms with van der Waals surface area (Å²) < 4.78 is 68.9. The molecule has 216 valence electrons. The molecule has 0 aromatic heterocycles. The zero-order chi connectivity index (χ0) is 29.7. The summed E-state index contributed by atoms with van der Waals surface area (Å²) in [4.78, 5) is 15.6. The van der Waals surface area contributed by atoms with Crippen molar-refractivity contribution in [2.24, 2.45) is 10.2 Å². The van der Waals surface area contributed by atoms with Gasteiger partial charge >= 0.3 is 0 Å². The van der Waals surface area contributed by atoms with Crippen LogP contribution in [-0.2, 0) is 47.7 Å². The molecule has 2 N–H and O–H groups in total. The third-order valence-corrected chi connectivity index (χ3v) is 8.25. The van der Waals surface area contributed by atoms with Crippen molar-refractivity contribution in [3.63, 3.8) is 0 Å². The predicted octanol–water partition coefficient (Wildman–Crippen LogP) is 4.11. The molecule has 0 aliphatic rings. The predicted molar refractivity (Wildman–Crippen MR) is 141 cm³/mol. The Morgan fingerprint density at radius 3 is 2.25 bits per heavy atom. The van der Waals surface area contributed by atoms with Crippen LogP contribution in [0.2, 0.25) is 0 Å². The fourth-order valence-corrected chi connectivity index (χ4v) is 5.40. The lowest BCUT2D eigenvalue weighted by molar-refractivity contribution is -0.447. The molecule has 0 fully saturated rings. The Bertz CT molecular complexity index is 1680. The van der Waals surface area contributed by atoms with E-state index < -0.39 is 31.9 Å².